The number of carbonyl (C=O) groups is 2. The van der Waals surface area contributed by atoms with Crippen molar-refractivity contribution in [1.82, 2.24) is 5.32 Å². The van der Waals surface area contributed by atoms with Gasteiger partial charge in [-0.3, -0.25) is 4.79 Å². The van der Waals surface area contributed by atoms with E-state index in [1.54, 1.807) is 0 Å². The zero-order chi connectivity index (χ0) is 13.6. The third-order valence-electron chi connectivity index (χ3n) is 2.17. The molecule has 0 saturated heterocycles. The SMILES string of the molecule is CC(C)(C)NC(=O)O[C@H](C=O)Cc1ccccc1. The summed E-state index contributed by atoms with van der Waals surface area (Å²) >= 11 is 0. The Bertz CT molecular complexity index is 395. The van der Waals surface area contributed by atoms with E-state index in [2.05, 4.69) is 5.32 Å². The van der Waals surface area contributed by atoms with Gasteiger partial charge in [0.05, 0.1) is 0 Å². The number of hydrogen-bond acceptors (Lipinski definition) is 3. The van der Waals surface area contributed by atoms with Crippen molar-refractivity contribution in [3.05, 3.63) is 35.9 Å². The predicted molar refractivity (Wildman–Crippen MR) is 69.4 cm³/mol. The molecule has 1 atom stereocenters. The molecule has 1 rings (SSSR count). The molecule has 1 amide bonds. The van der Waals surface area contributed by atoms with Crippen LogP contribution in [-0.4, -0.2) is 24.0 Å². The van der Waals surface area contributed by atoms with Gasteiger partial charge in [0.1, 0.15) is 0 Å². The topological polar surface area (TPSA) is 55.4 Å². The van der Waals surface area contributed by atoms with E-state index in [0.29, 0.717) is 12.7 Å². The van der Waals surface area contributed by atoms with Crippen LogP contribution in [0.5, 0.6) is 0 Å². The Morgan fingerprint density at radius 1 is 1.33 bits per heavy atom. The lowest BCUT2D eigenvalue weighted by atomic mass is 10.1. The van der Waals surface area contributed by atoms with Gasteiger partial charge in [0, 0.05) is 12.0 Å². The molecule has 1 aromatic carbocycles. The highest BCUT2D eigenvalue weighted by Crippen LogP contribution is 2.06. The van der Waals surface area contributed by atoms with Crippen molar-refractivity contribution < 1.29 is 14.3 Å². The monoisotopic (exact) mass is 249 g/mol. The van der Waals surface area contributed by atoms with Gasteiger partial charge in [-0.25, -0.2) is 4.79 Å². The zero-order valence-corrected chi connectivity index (χ0v) is 11.0. The molecule has 0 bridgehead atoms. The first-order valence-corrected chi connectivity index (χ1v) is 5.89. The largest absolute Gasteiger partial charge is 0.438 e. The van der Waals surface area contributed by atoms with Gasteiger partial charge in [0.25, 0.3) is 0 Å². The molecule has 0 radical (unpaired) electrons. The van der Waals surface area contributed by atoms with Gasteiger partial charge in [-0.15, -0.1) is 0 Å². The molecule has 0 aliphatic carbocycles. The molecule has 0 aromatic heterocycles. The summed E-state index contributed by atoms with van der Waals surface area (Å²) in [5.41, 5.74) is 0.579. The summed E-state index contributed by atoms with van der Waals surface area (Å²) in [6, 6.07) is 9.44. The van der Waals surface area contributed by atoms with Crippen LogP contribution in [0, 0.1) is 0 Å². The number of aldehydes is 1. The minimum Gasteiger partial charge on any atom is -0.438 e. The maximum Gasteiger partial charge on any atom is 0.408 e. The van der Waals surface area contributed by atoms with Crippen LogP contribution < -0.4 is 5.32 Å². The Morgan fingerprint density at radius 3 is 2.44 bits per heavy atom. The van der Waals surface area contributed by atoms with Gasteiger partial charge in [-0.2, -0.15) is 0 Å². The number of amides is 1. The average molecular weight is 249 g/mol. The third kappa shape index (κ3) is 5.48. The number of benzene rings is 1. The van der Waals surface area contributed by atoms with Crippen molar-refractivity contribution in [3.63, 3.8) is 0 Å². The van der Waals surface area contributed by atoms with Crippen LogP contribution >= 0.6 is 0 Å². The lowest BCUT2D eigenvalue weighted by Gasteiger charge is -2.21. The number of alkyl carbamates (subject to hydrolysis) is 1. The van der Waals surface area contributed by atoms with Crippen molar-refractivity contribution in [3.8, 4) is 0 Å². The van der Waals surface area contributed by atoms with E-state index in [9.17, 15) is 9.59 Å². The fraction of sp³-hybridized carbons (Fsp3) is 0.429. The molecule has 4 heteroatoms. The summed E-state index contributed by atoms with van der Waals surface area (Å²) in [6.45, 7) is 5.55. The van der Waals surface area contributed by atoms with E-state index in [1.165, 1.54) is 0 Å². The second-order valence-corrected chi connectivity index (χ2v) is 5.14. The van der Waals surface area contributed by atoms with Crippen LogP contribution in [0.1, 0.15) is 26.3 Å². The summed E-state index contributed by atoms with van der Waals surface area (Å²) in [6.07, 6.45) is -0.290. The molecule has 0 unspecified atom stereocenters. The Labute approximate surface area is 107 Å². The molecule has 0 aliphatic rings. The van der Waals surface area contributed by atoms with Crippen molar-refractivity contribution in [1.29, 1.82) is 0 Å². The zero-order valence-electron chi connectivity index (χ0n) is 11.0. The Morgan fingerprint density at radius 2 is 1.94 bits per heavy atom. The molecule has 1 aromatic rings. The van der Waals surface area contributed by atoms with Crippen molar-refractivity contribution in [2.45, 2.75) is 38.8 Å². The molecular formula is C14H19NO3. The normalized spacial score (nSPS) is 12.6. The van der Waals surface area contributed by atoms with E-state index >= 15 is 0 Å². The first kappa shape index (κ1) is 14.2. The first-order chi connectivity index (χ1) is 8.40. The average Bonchev–Trinajstić information content (AvgIpc) is 2.27. The molecule has 0 aliphatic heterocycles. The maximum absolute atomic E-state index is 11.5. The second kappa shape index (κ2) is 6.19. The number of nitrogens with one attached hydrogen (secondary N) is 1. The summed E-state index contributed by atoms with van der Waals surface area (Å²) in [7, 11) is 0. The fourth-order valence-corrected chi connectivity index (χ4v) is 1.44. The molecule has 0 heterocycles. The van der Waals surface area contributed by atoms with Gasteiger partial charge < -0.3 is 10.1 Å². The number of hydrogen-bond donors (Lipinski definition) is 1. The van der Waals surface area contributed by atoms with Crippen molar-refractivity contribution in [2.75, 3.05) is 0 Å². The standard InChI is InChI=1S/C14H19NO3/c1-14(2,3)15-13(17)18-12(10-16)9-11-7-5-4-6-8-11/h4-8,10,12H,9H2,1-3H3,(H,15,17)/t12-/m0/s1. The van der Waals surface area contributed by atoms with Gasteiger partial charge in [-0.1, -0.05) is 30.3 Å². The van der Waals surface area contributed by atoms with Gasteiger partial charge in [-0.05, 0) is 26.3 Å². The molecule has 0 fully saturated rings. The van der Waals surface area contributed by atoms with Crippen LogP contribution in [0.2, 0.25) is 0 Å². The summed E-state index contributed by atoms with van der Waals surface area (Å²) in [5, 5.41) is 2.65. The highest BCUT2D eigenvalue weighted by Gasteiger charge is 2.19. The number of rotatable bonds is 4. The van der Waals surface area contributed by atoms with Gasteiger partial charge in [0.15, 0.2) is 12.4 Å². The third-order valence-corrected chi connectivity index (χ3v) is 2.17. The molecule has 1 N–H and O–H groups in total. The van der Waals surface area contributed by atoms with Gasteiger partial charge >= 0.3 is 6.09 Å². The maximum atomic E-state index is 11.5. The Kier molecular flexibility index (Phi) is 4.89. The lowest BCUT2D eigenvalue weighted by molar-refractivity contribution is -0.115. The molecule has 18 heavy (non-hydrogen) atoms. The van der Waals surface area contributed by atoms with Crippen molar-refractivity contribution >= 4 is 12.4 Å². The lowest BCUT2D eigenvalue weighted by Crippen LogP contribution is -2.42. The molecule has 98 valence electrons. The van der Waals surface area contributed by atoms with E-state index < -0.39 is 12.2 Å². The van der Waals surface area contributed by atoms with E-state index in [1.807, 2.05) is 51.1 Å². The quantitative estimate of drug-likeness (QED) is 0.833. The van der Waals surface area contributed by atoms with Crippen molar-refractivity contribution in [2.24, 2.45) is 0 Å². The van der Waals surface area contributed by atoms with Crippen LogP contribution in [0.25, 0.3) is 0 Å². The van der Waals surface area contributed by atoms with E-state index in [4.69, 9.17) is 4.74 Å². The van der Waals surface area contributed by atoms with Gasteiger partial charge in [0.2, 0.25) is 0 Å². The first-order valence-electron chi connectivity index (χ1n) is 5.89. The Hall–Kier alpha value is -1.84. The molecule has 4 nitrogen and oxygen atoms in total. The Balaban J connectivity index is 2.53. The van der Waals surface area contributed by atoms with Crippen LogP contribution in [0.15, 0.2) is 30.3 Å². The molecule has 0 saturated carbocycles. The highest BCUT2D eigenvalue weighted by atomic mass is 16.6. The number of ether oxygens (including phenoxy) is 1. The fourth-order valence-electron chi connectivity index (χ4n) is 1.44. The van der Waals surface area contributed by atoms with Crippen LogP contribution in [0.3, 0.4) is 0 Å². The van der Waals surface area contributed by atoms with E-state index in [-0.39, 0.29) is 5.54 Å². The predicted octanol–water partition coefficient (Wildman–Crippen LogP) is 2.32. The molecular weight excluding hydrogens is 230 g/mol. The van der Waals surface area contributed by atoms with Crippen LogP contribution in [0.4, 0.5) is 4.79 Å². The second-order valence-electron chi connectivity index (χ2n) is 5.14. The van der Waals surface area contributed by atoms with Crippen LogP contribution in [-0.2, 0) is 16.0 Å². The smallest absolute Gasteiger partial charge is 0.408 e. The minimum atomic E-state index is -0.755. The summed E-state index contributed by atoms with van der Waals surface area (Å²) < 4.78 is 5.06. The minimum absolute atomic E-state index is 0.378. The highest BCUT2D eigenvalue weighted by molar-refractivity contribution is 5.71. The summed E-state index contributed by atoms with van der Waals surface area (Å²) in [4.78, 5) is 22.4. The van der Waals surface area contributed by atoms with E-state index in [0.717, 1.165) is 5.56 Å². The molecule has 0 spiro atoms. The number of carbonyl (C=O) groups excluding carboxylic acids is 2. The summed E-state index contributed by atoms with van der Waals surface area (Å²) in [5.74, 6) is 0.